The van der Waals surface area contributed by atoms with Crippen molar-refractivity contribution in [3.63, 3.8) is 0 Å². The van der Waals surface area contributed by atoms with Gasteiger partial charge in [-0.25, -0.2) is 8.78 Å². The quantitative estimate of drug-likeness (QED) is 0.746. The van der Waals surface area contributed by atoms with Gasteiger partial charge < -0.3 is 5.32 Å². The van der Waals surface area contributed by atoms with Gasteiger partial charge in [0.25, 0.3) is 6.43 Å². The molecule has 0 amide bonds. The average Bonchev–Trinajstić information content (AvgIpc) is 2.39. The van der Waals surface area contributed by atoms with Crippen LogP contribution in [0.5, 0.6) is 0 Å². The first kappa shape index (κ1) is 8.48. The molecule has 6 heteroatoms. The Labute approximate surface area is 66.6 Å². The number of rotatable bonds is 4. The van der Waals surface area contributed by atoms with E-state index < -0.39 is 6.43 Å². The molecule has 0 saturated heterocycles. The molecule has 0 bridgehead atoms. The van der Waals surface area contributed by atoms with Gasteiger partial charge in [-0.1, -0.05) is 4.49 Å². The maximum atomic E-state index is 11.6. The molecule has 1 N–H and O–H groups in total. The van der Waals surface area contributed by atoms with E-state index in [4.69, 9.17) is 0 Å². The normalized spacial score (nSPS) is 10.8. The van der Waals surface area contributed by atoms with Crippen LogP contribution >= 0.6 is 11.5 Å². The molecule has 0 aliphatic heterocycles. The summed E-state index contributed by atoms with van der Waals surface area (Å²) in [5.41, 5.74) is 0.704. The summed E-state index contributed by atoms with van der Waals surface area (Å²) in [6, 6.07) is 0. The number of aromatic nitrogens is 2. The molecular weight excluding hydrogens is 172 g/mol. The number of hydrogen-bond acceptors (Lipinski definition) is 4. The number of nitrogens with zero attached hydrogens (tertiary/aromatic N) is 2. The SMILES string of the molecule is FC(F)CNCc1csnn1. The standard InChI is InChI=1S/C5H7F2N3S/c6-5(7)2-8-1-4-3-11-10-9-4/h3,5,8H,1-2H2. The monoisotopic (exact) mass is 179 g/mol. The van der Waals surface area contributed by atoms with Crippen LogP contribution in [0.15, 0.2) is 5.38 Å². The summed E-state index contributed by atoms with van der Waals surface area (Å²) in [4.78, 5) is 0. The van der Waals surface area contributed by atoms with Crippen molar-refractivity contribution in [3.05, 3.63) is 11.1 Å². The smallest absolute Gasteiger partial charge is 0.250 e. The highest BCUT2D eigenvalue weighted by atomic mass is 32.1. The van der Waals surface area contributed by atoms with Gasteiger partial charge in [0, 0.05) is 11.9 Å². The van der Waals surface area contributed by atoms with Crippen molar-refractivity contribution < 1.29 is 8.78 Å². The topological polar surface area (TPSA) is 37.8 Å². The molecule has 0 unspecified atom stereocenters. The summed E-state index contributed by atoms with van der Waals surface area (Å²) in [6.07, 6.45) is -2.30. The fourth-order valence-electron chi connectivity index (χ4n) is 0.570. The summed E-state index contributed by atoms with van der Waals surface area (Å²) < 4.78 is 26.7. The van der Waals surface area contributed by atoms with Crippen molar-refractivity contribution in [1.29, 1.82) is 0 Å². The van der Waals surface area contributed by atoms with E-state index in [2.05, 4.69) is 14.9 Å². The molecule has 1 rings (SSSR count). The van der Waals surface area contributed by atoms with E-state index >= 15 is 0 Å². The first-order valence-electron chi connectivity index (χ1n) is 3.04. The van der Waals surface area contributed by atoms with Gasteiger partial charge in [0.2, 0.25) is 0 Å². The summed E-state index contributed by atoms with van der Waals surface area (Å²) in [7, 11) is 0. The predicted molar refractivity (Wildman–Crippen MR) is 37.6 cm³/mol. The van der Waals surface area contributed by atoms with Crippen molar-refractivity contribution in [3.8, 4) is 0 Å². The number of alkyl halides is 2. The van der Waals surface area contributed by atoms with Gasteiger partial charge in [-0.2, -0.15) is 0 Å². The van der Waals surface area contributed by atoms with Crippen molar-refractivity contribution in [2.24, 2.45) is 0 Å². The molecule has 0 radical (unpaired) electrons. The zero-order valence-electron chi connectivity index (χ0n) is 5.63. The molecule has 0 aliphatic carbocycles. The second-order valence-electron chi connectivity index (χ2n) is 1.92. The molecule has 1 heterocycles. The Morgan fingerprint density at radius 3 is 3.00 bits per heavy atom. The Kier molecular flexibility index (Phi) is 3.31. The highest BCUT2D eigenvalue weighted by Gasteiger charge is 2.01. The summed E-state index contributed by atoms with van der Waals surface area (Å²) in [5, 5.41) is 7.94. The third-order valence-electron chi connectivity index (χ3n) is 1.01. The lowest BCUT2D eigenvalue weighted by molar-refractivity contribution is 0.145. The summed E-state index contributed by atoms with van der Waals surface area (Å²) in [5.74, 6) is 0. The van der Waals surface area contributed by atoms with E-state index in [-0.39, 0.29) is 6.54 Å². The number of halogens is 2. The minimum atomic E-state index is -2.30. The lowest BCUT2D eigenvalue weighted by Crippen LogP contribution is -2.20. The highest BCUT2D eigenvalue weighted by molar-refractivity contribution is 7.03. The van der Waals surface area contributed by atoms with E-state index in [1.807, 2.05) is 0 Å². The summed E-state index contributed by atoms with van der Waals surface area (Å²) in [6.45, 7) is 0.0678. The Morgan fingerprint density at radius 1 is 1.64 bits per heavy atom. The van der Waals surface area contributed by atoms with E-state index in [0.717, 1.165) is 0 Å². The molecule has 0 spiro atoms. The Morgan fingerprint density at radius 2 is 2.45 bits per heavy atom. The number of nitrogens with one attached hydrogen (secondary N) is 1. The molecule has 0 aromatic carbocycles. The van der Waals surface area contributed by atoms with Crippen LogP contribution in [0.25, 0.3) is 0 Å². The molecule has 3 nitrogen and oxygen atoms in total. The molecule has 1 aromatic heterocycles. The fourth-order valence-corrected chi connectivity index (χ4v) is 1.02. The largest absolute Gasteiger partial charge is 0.306 e. The van der Waals surface area contributed by atoms with Crippen LogP contribution in [0.4, 0.5) is 8.78 Å². The summed E-state index contributed by atoms with van der Waals surface area (Å²) >= 11 is 1.21. The van der Waals surface area contributed by atoms with Crippen LogP contribution in [0.1, 0.15) is 5.69 Å². The predicted octanol–water partition coefficient (Wildman–Crippen LogP) is 0.893. The van der Waals surface area contributed by atoms with E-state index in [1.54, 1.807) is 5.38 Å². The van der Waals surface area contributed by atoms with Gasteiger partial charge in [0.15, 0.2) is 0 Å². The van der Waals surface area contributed by atoms with Crippen LogP contribution in [0.2, 0.25) is 0 Å². The van der Waals surface area contributed by atoms with Gasteiger partial charge in [-0.3, -0.25) is 0 Å². The maximum Gasteiger partial charge on any atom is 0.250 e. The van der Waals surface area contributed by atoms with Crippen molar-refractivity contribution in [1.82, 2.24) is 14.9 Å². The van der Waals surface area contributed by atoms with Crippen LogP contribution in [-0.2, 0) is 6.54 Å². The molecule has 0 atom stereocenters. The van der Waals surface area contributed by atoms with Gasteiger partial charge in [-0.15, -0.1) is 5.10 Å². The van der Waals surface area contributed by atoms with Crippen molar-refractivity contribution in [2.45, 2.75) is 13.0 Å². The Bertz CT molecular complexity index is 190. The third-order valence-corrected chi connectivity index (χ3v) is 1.56. The maximum absolute atomic E-state index is 11.6. The third kappa shape index (κ3) is 3.33. The first-order chi connectivity index (χ1) is 5.29. The van der Waals surface area contributed by atoms with Gasteiger partial charge in [0.05, 0.1) is 12.2 Å². The van der Waals surface area contributed by atoms with Gasteiger partial charge >= 0.3 is 0 Å². The van der Waals surface area contributed by atoms with E-state index in [0.29, 0.717) is 12.2 Å². The molecule has 1 aromatic rings. The van der Waals surface area contributed by atoms with Gasteiger partial charge in [-0.05, 0) is 11.5 Å². The van der Waals surface area contributed by atoms with Crippen molar-refractivity contribution >= 4 is 11.5 Å². The second-order valence-corrected chi connectivity index (χ2v) is 2.53. The highest BCUT2D eigenvalue weighted by Crippen LogP contribution is 1.96. The zero-order valence-corrected chi connectivity index (χ0v) is 6.44. The molecule has 0 aliphatic rings. The average molecular weight is 179 g/mol. The lowest BCUT2D eigenvalue weighted by atomic mass is 10.5. The van der Waals surface area contributed by atoms with Crippen LogP contribution in [0, 0.1) is 0 Å². The molecule has 0 fully saturated rings. The molecular formula is C5H7F2N3S. The molecule has 0 saturated carbocycles. The lowest BCUT2D eigenvalue weighted by Gasteiger charge is -1.98. The van der Waals surface area contributed by atoms with E-state index in [9.17, 15) is 8.78 Å². The first-order valence-corrected chi connectivity index (χ1v) is 3.87. The van der Waals surface area contributed by atoms with Crippen LogP contribution in [-0.4, -0.2) is 22.6 Å². The zero-order chi connectivity index (χ0) is 8.10. The fraction of sp³-hybridized carbons (Fsp3) is 0.600. The van der Waals surface area contributed by atoms with Crippen LogP contribution < -0.4 is 5.32 Å². The minimum Gasteiger partial charge on any atom is -0.306 e. The minimum absolute atomic E-state index is 0.294. The number of hydrogen-bond donors (Lipinski definition) is 1. The van der Waals surface area contributed by atoms with Crippen molar-refractivity contribution in [2.75, 3.05) is 6.54 Å². The Hall–Kier alpha value is -0.620. The van der Waals surface area contributed by atoms with E-state index in [1.165, 1.54) is 11.5 Å². The molecule has 62 valence electrons. The second kappa shape index (κ2) is 4.30. The Balaban J connectivity index is 2.14. The van der Waals surface area contributed by atoms with Gasteiger partial charge in [0.1, 0.15) is 0 Å². The van der Waals surface area contributed by atoms with Crippen LogP contribution in [0.3, 0.4) is 0 Å². The molecule has 11 heavy (non-hydrogen) atoms.